The van der Waals surface area contributed by atoms with Gasteiger partial charge in [-0.15, -0.1) is 0 Å². The van der Waals surface area contributed by atoms with Crippen LogP contribution in [0.15, 0.2) is 0 Å². The number of carbonyl (C=O) groups excluding carboxylic acids is 1. The summed E-state index contributed by atoms with van der Waals surface area (Å²) in [6, 6.07) is 0. The van der Waals surface area contributed by atoms with Crippen molar-refractivity contribution < 1.29 is 24.1 Å². The van der Waals surface area contributed by atoms with Gasteiger partial charge in [0.1, 0.15) is 12.2 Å². The lowest BCUT2D eigenvalue weighted by atomic mass is 9.91. The van der Waals surface area contributed by atoms with Crippen LogP contribution in [0.3, 0.4) is 0 Å². The molecular weight excluding hydrogens is 214 g/mol. The van der Waals surface area contributed by atoms with Gasteiger partial charge in [-0.05, 0) is 13.8 Å². The van der Waals surface area contributed by atoms with Gasteiger partial charge in [-0.25, -0.2) is 4.79 Å². The van der Waals surface area contributed by atoms with Gasteiger partial charge in [0.15, 0.2) is 11.3 Å². The Balaban J connectivity index is 2.22. The largest absolute Gasteiger partial charge is 0.458 e. The Morgan fingerprint density at radius 1 is 1.56 bits per heavy atom. The summed E-state index contributed by atoms with van der Waals surface area (Å²) in [5.41, 5.74) is 4.70. The van der Waals surface area contributed by atoms with Crippen LogP contribution in [0.2, 0.25) is 0 Å². The van der Waals surface area contributed by atoms with Crippen molar-refractivity contribution in [2.24, 2.45) is 5.73 Å². The van der Waals surface area contributed by atoms with Crippen molar-refractivity contribution in [2.75, 3.05) is 13.2 Å². The maximum Gasteiger partial charge on any atom is 0.331 e. The van der Waals surface area contributed by atoms with Gasteiger partial charge in [-0.3, -0.25) is 0 Å². The highest BCUT2D eigenvalue weighted by Crippen LogP contribution is 2.37. The molecule has 0 aromatic carbocycles. The summed E-state index contributed by atoms with van der Waals surface area (Å²) in [6.07, 6.45) is -0.729. The van der Waals surface area contributed by atoms with E-state index in [1.807, 2.05) is 0 Å². The number of aliphatic hydroxyl groups excluding tert-OH is 1. The molecule has 3 atom stereocenters. The van der Waals surface area contributed by atoms with Crippen molar-refractivity contribution in [3.05, 3.63) is 0 Å². The van der Waals surface area contributed by atoms with Gasteiger partial charge in [-0.1, -0.05) is 0 Å². The van der Waals surface area contributed by atoms with E-state index < -0.39 is 29.5 Å². The minimum atomic E-state index is -1.24. The highest BCUT2D eigenvalue weighted by Gasteiger charge is 2.60. The Hall–Kier alpha value is -0.690. The Labute approximate surface area is 93.6 Å². The summed E-state index contributed by atoms with van der Waals surface area (Å²) in [6.45, 7) is 3.51. The van der Waals surface area contributed by atoms with E-state index >= 15 is 0 Å². The quantitative estimate of drug-likeness (QED) is 0.601. The molecule has 2 heterocycles. The number of hydrogen-bond acceptors (Lipinski definition) is 6. The minimum absolute atomic E-state index is 0.0742. The third-order valence-electron chi connectivity index (χ3n) is 2.97. The number of esters is 1. The Kier molecular flexibility index (Phi) is 2.70. The molecule has 0 unspecified atom stereocenters. The minimum Gasteiger partial charge on any atom is -0.458 e. The number of carbonyl (C=O) groups is 1. The number of hydrogen-bond donors (Lipinski definition) is 2. The summed E-state index contributed by atoms with van der Waals surface area (Å²) in [7, 11) is 0. The number of cyclic esters (lactones) is 1. The zero-order valence-corrected chi connectivity index (χ0v) is 9.43. The first-order valence-corrected chi connectivity index (χ1v) is 5.32. The molecule has 16 heavy (non-hydrogen) atoms. The van der Waals surface area contributed by atoms with E-state index in [0.29, 0.717) is 6.42 Å². The van der Waals surface area contributed by atoms with E-state index in [4.69, 9.17) is 25.1 Å². The molecule has 2 aliphatic heterocycles. The smallest absolute Gasteiger partial charge is 0.331 e. The Morgan fingerprint density at radius 2 is 2.25 bits per heavy atom. The number of rotatable bonds is 2. The van der Waals surface area contributed by atoms with Crippen LogP contribution in [0, 0.1) is 0 Å². The number of aliphatic hydroxyl groups is 1. The normalized spacial score (nSPS) is 41.6. The first-order valence-electron chi connectivity index (χ1n) is 5.32. The van der Waals surface area contributed by atoms with Crippen molar-refractivity contribution in [1.82, 2.24) is 0 Å². The fourth-order valence-electron chi connectivity index (χ4n) is 2.05. The Morgan fingerprint density at radius 3 is 2.88 bits per heavy atom. The second-order valence-electron chi connectivity index (χ2n) is 4.72. The van der Waals surface area contributed by atoms with Crippen LogP contribution in [0.5, 0.6) is 0 Å². The lowest BCUT2D eigenvalue weighted by Gasteiger charge is -2.42. The predicted octanol–water partition coefficient (Wildman–Crippen LogP) is -0.857. The van der Waals surface area contributed by atoms with Crippen LogP contribution >= 0.6 is 0 Å². The van der Waals surface area contributed by atoms with Gasteiger partial charge in [0, 0.05) is 13.0 Å². The Bertz CT molecular complexity index is 306. The van der Waals surface area contributed by atoms with Gasteiger partial charge in [0.05, 0.1) is 6.61 Å². The summed E-state index contributed by atoms with van der Waals surface area (Å²) >= 11 is 0. The van der Waals surface area contributed by atoms with Gasteiger partial charge >= 0.3 is 5.97 Å². The van der Waals surface area contributed by atoms with Crippen LogP contribution in [0.25, 0.3) is 0 Å². The second-order valence-corrected chi connectivity index (χ2v) is 4.72. The highest BCUT2D eigenvalue weighted by atomic mass is 16.7. The fraction of sp³-hybridized carbons (Fsp3) is 0.900. The van der Waals surface area contributed by atoms with E-state index in [-0.39, 0.29) is 13.2 Å². The molecule has 2 rings (SSSR count). The molecule has 92 valence electrons. The summed E-state index contributed by atoms with van der Waals surface area (Å²) in [4.78, 5) is 11.6. The molecule has 2 fully saturated rings. The standard InChI is InChI=1S/C10H17NO5/c1-9(2)14-5-10(11)7(16-9)6(3-4-12)15-8(10)13/h6-7,12H,3-5,11H2,1-2H3/t6-,7+,10-/m1/s1. The molecule has 0 saturated carbocycles. The van der Waals surface area contributed by atoms with Crippen LogP contribution in [-0.2, 0) is 19.0 Å². The molecule has 0 aromatic rings. The van der Waals surface area contributed by atoms with Crippen LogP contribution in [-0.4, -0.2) is 47.8 Å². The molecule has 0 aromatic heterocycles. The van der Waals surface area contributed by atoms with Crippen molar-refractivity contribution in [3.8, 4) is 0 Å². The van der Waals surface area contributed by atoms with Crippen molar-refractivity contribution in [1.29, 1.82) is 0 Å². The number of nitrogens with two attached hydrogens (primary N) is 1. The number of fused-ring (bicyclic) bond motifs is 1. The maximum absolute atomic E-state index is 11.6. The SMILES string of the molecule is CC1(C)OC[C@]2(N)C(=O)O[C@H](CCO)[C@@H]2O1. The molecule has 6 heteroatoms. The first kappa shape index (κ1) is 11.8. The highest BCUT2D eigenvalue weighted by molar-refractivity contribution is 5.84. The lowest BCUT2D eigenvalue weighted by molar-refractivity contribution is -0.293. The van der Waals surface area contributed by atoms with E-state index in [1.54, 1.807) is 13.8 Å². The molecule has 0 bridgehead atoms. The average Bonchev–Trinajstić information content (AvgIpc) is 2.42. The maximum atomic E-state index is 11.6. The summed E-state index contributed by atoms with van der Waals surface area (Å²) in [5.74, 6) is -1.30. The van der Waals surface area contributed by atoms with Gasteiger partial charge in [0.25, 0.3) is 0 Å². The van der Waals surface area contributed by atoms with E-state index in [0.717, 1.165) is 0 Å². The lowest BCUT2D eigenvalue weighted by Crippen LogP contribution is -2.65. The van der Waals surface area contributed by atoms with Crippen LogP contribution in [0.1, 0.15) is 20.3 Å². The van der Waals surface area contributed by atoms with Crippen molar-refractivity contribution in [3.63, 3.8) is 0 Å². The first-order chi connectivity index (χ1) is 7.39. The van der Waals surface area contributed by atoms with E-state index in [1.165, 1.54) is 0 Å². The predicted molar refractivity (Wildman–Crippen MR) is 53.4 cm³/mol. The van der Waals surface area contributed by atoms with E-state index in [2.05, 4.69) is 0 Å². The zero-order valence-electron chi connectivity index (χ0n) is 9.43. The molecular formula is C10H17NO5. The van der Waals surface area contributed by atoms with Crippen molar-refractivity contribution in [2.45, 2.75) is 43.8 Å². The van der Waals surface area contributed by atoms with Crippen LogP contribution in [0.4, 0.5) is 0 Å². The molecule has 2 aliphatic rings. The van der Waals surface area contributed by atoms with Gasteiger partial charge in [0.2, 0.25) is 0 Å². The van der Waals surface area contributed by atoms with Crippen LogP contribution < -0.4 is 5.73 Å². The molecule has 0 aliphatic carbocycles. The molecule has 2 saturated heterocycles. The molecule has 3 N–H and O–H groups in total. The van der Waals surface area contributed by atoms with Crippen molar-refractivity contribution >= 4 is 5.97 Å². The third-order valence-corrected chi connectivity index (χ3v) is 2.97. The average molecular weight is 231 g/mol. The molecule has 6 nitrogen and oxygen atoms in total. The second kappa shape index (κ2) is 3.66. The third kappa shape index (κ3) is 1.71. The molecule has 0 spiro atoms. The molecule has 0 amide bonds. The number of ether oxygens (including phenoxy) is 3. The summed E-state index contributed by atoms with van der Waals surface area (Å²) in [5, 5.41) is 8.90. The molecule has 0 radical (unpaired) electrons. The van der Waals surface area contributed by atoms with E-state index in [9.17, 15) is 4.79 Å². The van der Waals surface area contributed by atoms with Gasteiger partial charge < -0.3 is 25.1 Å². The van der Waals surface area contributed by atoms with Gasteiger partial charge in [-0.2, -0.15) is 0 Å². The summed E-state index contributed by atoms with van der Waals surface area (Å²) < 4.78 is 16.1. The monoisotopic (exact) mass is 231 g/mol. The zero-order chi connectivity index (χ0) is 12.0. The topological polar surface area (TPSA) is 91.0 Å². The fourth-order valence-corrected chi connectivity index (χ4v) is 2.05.